The number of nitrogens with zero attached hydrogens (tertiary/aromatic N) is 5. The van der Waals surface area contributed by atoms with Gasteiger partial charge in [-0.25, -0.2) is 4.99 Å². The second-order valence-electron chi connectivity index (χ2n) is 7.65. The van der Waals surface area contributed by atoms with E-state index in [2.05, 4.69) is 37.9 Å². The first-order valence-corrected chi connectivity index (χ1v) is 11.0. The van der Waals surface area contributed by atoms with E-state index in [1.807, 2.05) is 30.7 Å². The number of aliphatic imine (C=N–C) groups is 1. The van der Waals surface area contributed by atoms with Gasteiger partial charge in [0.2, 0.25) is 0 Å². The van der Waals surface area contributed by atoms with Crippen molar-refractivity contribution in [2.24, 2.45) is 12.0 Å². The van der Waals surface area contributed by atoms with E-state index in [4.69, 9.17) is 14.5 Å². The maximum atomic E-state index is 5.42. The first-order valence-electron chi connectivity index (χ1n) is 11.0. The summed E-state index contributed by atoms with van der Waals surface area (Å²) in [4.78, 5) is 7.17. The highest BCUT2D eigenvalue weighted by atomic mass is 16.5. The standard InChI is InChI=1S/C22H35N7O2/c1-18-26-27-21(28(18)2)17-25-22(23-10-4-12-29-13-15-31-16-14-29)24-11-9-19-5-7-20(30-3)8-6-19/h5-8H,4,9-17H2,1-3H3,(H2,23,24,25). The van der Waals surface area contributed by atoms with Gasteiger partial charge in [0, 0.05) is 33.2 Å². The third kappa shape index (κ3) is 7.52. The first-order chi connectivity index (χ1) is 15.2. The van der Waals surface area contributed by atoms with Gasteiger partial charge in [0.05, 0.1) is 20.3 Å². The molecule has 1 aliphatic rings. The van der Waals surface area contributed by atoms with Crippen LogP contribution < -0.4 is 15.4 Å². The van der Waals surface area contributed by atoms with Gasteiger partial charge >= 0.3 is 0 Å². The molecule has 3 rings (SSSR count). The van der Waals surface area contributed by atoms with E-state index < -0.39 is 0 Å². The van der Waals surface area contributed by atoms with E-state index >= 15 is 0 Å². The van der Waals surface area contributed by atoms with Gasteiger partial charge < -0.3 is 24.7 Å². The highest BCUT2D eigenvalue weighted by molar-refractivity contribution is 5.79. The molecule has 31 heavy (non-hydrogen) atoms. The molecule has 1 aromatic heterocycles. The van der Waals surface area contributed by atoms with Crippen LogP contribution >= 0.6 is 0 Å². The summed E-state index contributed by atoms with van der Waals surface area (Å²) in [5.41, 5.74) is 1.25. The molecule has 170 valence electrons. The van der Waals surface area contributed by atoms with Crippen molar-refractivity contribution in [1.29, 1.82) is 0 Å². The second-order valence-corrected chi connectivity index (χ2v) is 7.65. The van der Waals surface area contributed by atoms with Gasteiger partial charge in [0.1, 0.15) is 18.1 Å². The lowest BCUT2D eigenvalue weighted by molar-refractivity contribution is 0.0376. The zero-order valence-electron chi connectivity index (χ0n) is 18.9. The quantitative estimate of drug-likeness (QED) is 0.333. The predicted octanol–water partition coefficient (Wildman–Crippen LogP) is 1.13. The number of hydrogen-bond donors (Lipinski definition) is 2. The van der Waals surface area contributed by atoms with Crippen molar-refractivity contribution in [2.75, 3.05) is 53.0 Å². The van der Waals surface area contributed by atoms with Crippen molar-refractivity contribution in [2.45, 2.75) is 26.3 Å². The molecule has 0 atom stereocenters. The molecule has 0 bridgehead atoms. The van der Waals surface area contributed by atoms with Gasteiger partial charge in [-0.1, -0.05) is 12.1 Å². The van der Waals surface area contributed by atoms with E-state index in [0.717, 1.165) is 82.1 Å². The van der Waals surface area contributed by atoms with Crippen molar-refractivity contribution in [3.8, 4) is 5.75 Å². The normalized spacial score (nSPS) is 15.1. The Morgan fingerprint density at radius 2 is 1.87 bits per heavy atom. The van der Waals surface area contributed by atoms with E-state index in [-0.39, 0.29) is 0 Å². The molecule has 2 aromatic rings. The van der Waals surface area contributed by atoms with Crippen molar-refractivity contribution < 1.29 is 9.47 Å². The van der Waals surface area contributed by atoms with Crippen LogP contribution in [0.2, 0.25) is 0 Å². The highest BCUT2D eigenvalue weighted by Gasteiger charge is 2.10. The fourth-order valence-corrected chi connectivity index (χ4v) is 3.36. The fraction of sp³-hybridized carbons (Fsp3) is 0.591. The van der Waals surface area contributed by atoms with Crippen LogP contribution in [0.25, 0.3) is 0 Å². The van der Waals surface area contributed by atoms with Gasteiger partial charge in [0.15, 0.2) is 11.8 Å². The Hall–Kier alpha value is -2.65. The van der Waals surface area contributed by atoms with E-state index in [1.165, 1.54) is 5.56 Å². The van der Waals surface area contributed by atoms with E-state index in [1.54, 1.807) is 7.11 Å². The molecule has 0 spiro atoms. The maximum absolute atomic E-state index is 5.42. The molecular formula is C22H35N7O2. The average molecular weight is 430 g/mol. The fourth-order valence-electron chi connectivity index (χ4n) is 3.36. The third-order valence-corrected chi connectivity index (χ3v) is 5.47. The maximum Gasteiger partial charge on any atom is 0.191 e. The summed E-state index contributed by atoms with van der Waals surface area (Å²) in [5, 5.41) is 15.2. The van der Waals surface area contributed by atoms with Crippen molar-refractivity contribution in [3.05, 3.63) is 41.5 Å². The first kappa shape index (κ1) is 23.0. The van der Waals surface area contributed by atoms with Gasteiger partial charge in [-0.2, -0.15) is 0 Å². The monoisotopic (exact) mass is 429 g/mol. The molecule has 0 amide bonds. The Balaban J connectivity index is 1.49. The molecular weight excluding hydrogens is 394 g/mol. The Bertz CT molecular complexity index is 814. The van der Waals surface area contributed by atoms with Crippen molar-refractivity contribution in [1.82, 2.24) is 30.3 Å². The zero-order chi connectivity index (χ0) is 21.9. The van der Waals surface area contributed by atoms with Crippen LogP contribution in [0.1, 0.15) is 23.6 Å². The number of guanidine groups is 1. The van der Waals surface area contributed by atoms with Gasteiger partial charge in [-0.05, 0) is 44.0 Å². The molecule has 1 saturated heterocycles. The molecule has 0 aliphatic carbocycles. The largest absolute Gasteiger partial charge is 0.497 e. The Morgan fingerprint density at radius 1 is 1.13 bits per heavy atom. The lowest BCUT2D eigenvalue weighted by Gasteiger charge is -2.26. The predicted molar refractivity (Wildman–Crippen MR) is 121 cm³/mol. The minimum atomic E-state index is 0.485. The van der Waals surface area contributed by atoms with Gasteiger partial charge in [0.25, 0.3) is 0 Å². The second kappa shape index (κ2) is 12.3. The smallest absolute Gasteiger partial charge is 0.191 e. The molecule has 0 saturated carbocycles. The number of methoxy groups -OCH3 is 1. The molecule has 2 N–H and O–H groups in total. The van der Waals surface area contributed by atoms with Crippen LogP contribution in [-0.2, 0) is 24.8 Å². The van der Waals surface area contributed by atoms with Crippen molar-refractivity contribution >= 4 is 5.96 Å². The Labute approximate surface area is 184 Å². The minimum Gasteiger partial charge on any atom is -0.497 e. The number of rotatable bonds is 10. The lowest BCUT2D eigenvalue weighted by Crippen LogP contribution is -2.41. The molecule has 2 heterocycles. The molecule has 0 radical (unpaired) electrons. The summed E-state index contributed by atoms with van der Waals surface area (Å²) < 4.78 is 12.6. The number of nitrogens with one attached hydrogen (secondary N) is 2. The van der Waals surface area contributed by atoms with Crippen LogP contribution in [0.3, 0.4) is 0 Å². The number of benzene rings is 1. The lowest BCUT2D eigenvalue weighted by atomic mass is 10.1. The Kier molecular flexibility index (Phi) is 9.11. The molecule has 9 nitrogen and oxygen atoms in total. The SMILES string of the molecule is COc1ccc(CCNC(=NCc2nnc(C)n2C)NCCCN2CCOCC2)cc1. The van der Waals surface area contributed by atoms with Crippen LogP contribution in [0, 0.1) is 6.92 Å². The molecule has 9 heteroatoms. The summed E-state index contributed by atoms with van der Waals surface area (Å²) in [6, 6.07) is 8.17. The van der Waals surface area contributed by atoms with Crippen LogP contribution in [0.5, 0.6) is 5.75 Å². The van der Waals surface area contributed by atoms with Gasteiger partial charge in [-0.15, -0.1) is 10.2 Å². The van der Waals surface area contributed by atoms with Crippen molar-refractivity contribution in [3.63, 3.8) is 0 Å². The van der Waals surface area contributed by atoms with E-state index in [9.17, 15) is 0 Å². The van der Waals surface area contributed by atoms with E-state index in [0.29, 0.717) is 6.54 Å². The number of aryl methyl sites for hydroxylation is 1. The average Bonchev–Trinajstić information content (AvgIpc) is 3.13. The minimum absolute atomic E-state index is 0.485. The van der Waals surface area contributed by atoms with Crippen LogP contribution in [0.15, 0.2) is 29.3 Å². The van der Waals surface area contributed by atoms with Crippen LogP contribution in [-0.4, -0.2) is 78.7 Å². The summed E-state index contributed by atoms with van der Waals surface area (Å²) in [5.74, 6) is 3.41. The third-order valence-electron chi connectivity index (χ3n) is 5.47. The topological polar surface area (TPSA) is 88.8 Å². The summed E-state index contributed by atoms with van der Waals surface area (Å²) in [6.07, 6.45) is 1.96. The molecule has 1 aromatic carbocycles. The number of hydrogen-bond acceptors (Lipinski definition) is 6. The molecule has 1 aliphatic heterocycles. The molecule has 1 fully saturated rings. The Morgan fingerprint density at radius 3 is 2.55 bits per heavy atom. The zero-order valence-corrected chi connectivity index (χ0v) is 18.9. The molecule has 0 unspecified atom stereocenters. The summed E-state index contributed by atoms with van der Waals surface area (Å²) in [7, 11) is 3.65. The van der Waals surface area contributed by atoms with Gasteiger partial charge in [-0.3, -0.25) is 4.90 Å². The summed E-state index contributed by atoms with van der Waals surface area (Å²) >= 11 is 0. The number of ether oxygens (including phenoxy) is 2. The summed E-state index contributed by atoms with van der Waals surface area (Å²) in [6.45, 7) is 8.87. The highest BCUT2D eigenvalue weighted by Crippen LogP contribution is 2.11. The number of aromatic nitrogens is 3. The van der Waals surface area contributed by atoms with Crippen LogP contribution in [0.4, 0.5) is 0 Å². The number of morpholine rings is 1.